The van der Waals surface area contributed by atoms with Gasteiger partial charge < -0.3 is 10.6 Å². The van der Waals surface area contributed by atoms with Crippen molar-refractivity contribution >= 4 is 29.3 Å². The largest absolute Gasteiger partial charge is 0.353 e. The summed E-state index contributed by atoms with van der Waals surface area (Å²) >= 11 is 1.26. The lowest BCUT2D eigenvalue weighted by Crippen LogP contribution is -2.38. The molecule has 0 atom stereocenters. The monoisotopic (exact) mass is 430 g/mol. The minimum atomic E-state index is -0.287. The number of carbonyl (C=O) groups is 2. The molecule has 0 bridgehead atoms. The van der Waals surface area contributed by atoms with Gasteiger partial charge in [-0.3, -0.25) is 19.1 Å². The van der Waals surface area contributed by atoms with E-state index in [2.05, 4.69) is 17.6 Å². The molecule has 1 aromatic carbocycles. The second-order valence-electron chi connectivity index (χ2n) is 8.00. The Hall–Kier alpha value is -2.48. The van der Waals surface area contributed by atoms with Crippen LogP contribution in [0.1, 0.15) is 38.3 Å². The molecule has 162 valence electrons. The Bertz CT molecular complexity index is 943. The lowest BCUT2D eigenvalue weighted by Gasteiger charge is -2.26. The molecule has 0 unspecified atom stereocenters. The Labute approximate surface area is 181 Å². The number of benzene rings is 1. The van der Waals surface area contributed by atoms with Crippen LogP contribution in [0.4, 0.5) is 5.69 Å². The summed E-state index contributed by atoms with van der Waals surface area (Å²) in [5.41, 5.74) is 1.40. The number of para-hydroxylation sites is 1. The predicted octanol–water partition coefficient (Wildman–Crippen LogP) is 2.85. The first-order chi connectivity index (χ1) is 14.4. The number of hydrogen-bond donors (Lipinski definition) is 2. The van der Waals surface area contributed by atoms with E-state index in [0.29, 0.717) is 5.69 Å². The van der Waals surface area contributed by atoms with Crippen molar-refractivity contribution in [2.75, 3.05) is 16.8 Å². The second-order valence-corrected chi connectivity index (χ2v) is 8.99. The highest BCUT2D eigenvalue weighted by molar-refractivity contribution is 8.00. The van der Waals surface area contributed by atoms with Gasteiger partial charge in [-0.2, -0.15) is 0 Å². The van der Waals surface area contributed by atoms with Crippen LogP contribution in [0, 0.1) is 12.8 Å². The molecule has 3 rings (SSSR count). The van der Waals surface area contributed by atoms with Crippen LogP contribution in [-0.2, 0) is 16.6 Å². The van der Waals surface area contributed by atoms with Crippen LogP contribution in [0.25, 0.3) is 5.69 Å². The third-order valence-corrected chi connectivity index (χ3v) is 6.60. The third kappa shape index (κ3) is 5.36. The maximum atomic E-state index is 12.8. The van der Waals surface area contributed by atoms with E-state index in [1.54, 1.807) is 18.7 Å². The molecule has 1 saturated carbocycles. The molecule has 0 saturated heterocycles. The molecule has 1 aliphatic rings. The van der Waals surface area contributed by atoms with Crippen LogP contribution in [0.5, 0.6) is 0 Å². The summed E-state index contributed by atoms with van der Waals surface area (Å²) in [5, 5.41) is 5.79. The summed E-state index contributed by atoms with van der Waals surface area (Å²) in [6, 6.07) is 9.54. The molecule has 1 fully saturated rings. The fourth-order valence-corrected chi connectivity index (χ4v) is 4.43. The van der Waals surface area contributed by atoms with E-state index in [9.17, 15) is 14.4 Å². The summed E-state index contributed by atoms with van der Waals surface area (Å²) in [6.45, 7) is 4.04. The fraction of sp³-hybridized carbons (Fsp3) is 0.500. The Morgan fingerprint density at radius 1 is 1.07 bits per heavy atom. The van der Waals surface area contributed by atoms with Crippen LogP contribution in [-0.4, -0.2) is 38.7 Å². The molecule has 0 spiro atoms. The Morgan fingerprint density at radius 2 is 1.70 bits per heavy atom. The number of thioether (sulfide) groups is 1. The van der Waals surface area contributed by atoms with Gasteiger partial charge in [0.2, 0.25) is 11.8 Å². The van der Waals surface area contributed by atoms with E-state index in [1.165, 1.54) is 16.4 Å². The highest BCUT2D eigenvalue weighted by Crippen LogP contribution is 2.23. The van der Waals surface area contributed by atoms with Gasteiger partial charge in [-0.05, 0) is 50.7 Å². The standard InChI is InChI=1S/C22H30N4O3S/c1-15-9-11-17(12-10-15)23-19(27)13-30-14-20(28)24-21-16(2)25(3)26(22(21)29)18-7-5-4-6-8-18/h4-8,15,17H,9-14H2,1-3H3,(H,23,27)(H,24,28). The number of nitrogens with zero attached hydrogens (tertiary/aromatic N) is 2. The molecule has 1 heterocycles. The van der Waals surface area contributed by atoms with Crippen LogP contribution in [0.15, 0.2) is 35.1 Å². The van der Waals surface area contributed by atoms with Gasteiger partial charge in [-0.1, -0.05) is 25.1 Å². The SMILES string of the molecule is Cc1c(NC(=O)CSCC(=O)NC2CCC(C)CC2)c(=O)n(-c2ccccc2)n1C. The highest BCUT2D eigenvalue weighted by atomic mass is 32.2. The predicted molar refractivity (Wildman–Crippen MR) is 121 cm³/mol. The van der Waals surface area contributed by atoms with E-state index in [1.807, 2.05) is 30.3 Å². The summed E-state index contributed by atoms with van der Waals surface area (Å²) in [6.07, 6.45) is 4.35. The molecule has 2 aromatic rings. The van der Waals surface area contributed by atoms with Gasteiger partial charge in [0.25, 0.3) is 5.56 Å². The number of amides is 2. The van der Waals surface area contributed by atoms with E-state index < -0.39 is 0 Å². The van der Waals surface area contributed by atoms with Crippen molar-refractivity contribution in [3.05, 3.63) is 46.4 Å². The van der Waals surface area contributed by atoms with E-state index in [0.717, 1.165) is 37.3 Å². The molecular weight excluding hydrogens is 400 g/mol. The maximum Gasteiger partial charge on any atom is 0.295 e. The summed E-state index contributed by atoms with van der Waals surface area (Å²) < 4.78 is 3.25. The van der Waals surface area contributed by atoms with Gasteiger partial charge in [0.15, 0.2) is 0 Å². The van der Waals surface area contributed by atoms with Gasteiger partial charge in [0.05, 0.1) is 22.9 Å². The maximum absolute atomic E-state index is 12.8. The third-order valence-electron chi connectivity index (χ3n) is 5.67. The van der Waals surface area contributed by atoms with Crippen molar-refractivity contribution in [2.45, 2.75) is 45.6 Å². The van der Waals surface area contributed by atoms with Crippen molar-refractivity contribution in [3.63, 3.8) is 0 Å². The number of anilines is 1. The molecule has 1 aromatic heterocycles. The van der Waals surface area contributed by atoms with Crippen molar-refractivity contribution in [1.29, 1.82) is 0 Å². The quantitative estimate of drug-likeness (QED) is 0.707. The lowest BCUT2D eigenvalue weighted by atomic mass is 9.87. The topological polar surface area (TPSA) is 85.1 Å². The van der Waals surface area contributed by atoms with Crippen LogP contribution in [0.3, 0.4) is 0 Å². The zero-order valence-electron chi connectivity index (χ0n) is 17.8. The minimum absolute atomic E-state index is 0.0327. The normalized spacial score (nSPS) is 18.8. The fourth-order valence-electron chi connectivity index (χ4n) is 3.80. The molecule has 8 heteroatoms. The molecule has 0 aliphatic heterocycles. The number of rotatable bonds is 7. The summed E-state index contributed by atoms with van der Waals surface area (Å²) in [7, 11) is 1.78. The van der Waals surface area contributed by atoms with Crippen molar-refractivity contribution in [2.24, 2.45) is 13.0 Å². The van der Waals surface area contributed by atoms with Crippen LogP contribution < -0.4 is 16.2 Å². The molecule has 2 amide bonds. The minimum Gasteiger partial charge on any atom is -0.353 e. The van der Waals surface area contributed by atoms with Gasteiger partial charge in [0.1, 0.15) is 5.69 Å². The molecule has 30 heavy (non-hydrogen) atoms. The van der Waals surface area contributed by atoms with E-state index in [-0.39, 0.29) is 40.6 Å². The zero-order valence-corrected chi connectivity index (χ0v) is 18.6. The molecule has 0 radical (unpaired) electrons. The van der Waals surface area contributed by atoms with Crippen molar-refractivity contribution in [1.82, 2.24) is 14.7 Å². The van der Waals surface area contributed by atoms with E-state index in [4.69, 9.17) is 0 Å². The van der Waals surface area contributed by atoms with Gasteiger partial charge in [0, 0.05) is 13.1 Å². The first-order valence-corrected chi connectivity index (χ1v) is 11.5. The lowest BCUT2D eigenvalue weighted by molar-refractivity contribution is -0.119. The first kappa shape index (κ1) is 22.2. The smallest absolute Gasteiger partial charge is 0.295 e. The molecular formula is C22H30N4O3S. The van der Waals surface area contributed by atoms with Crippen molar-refractivity contribution < 1.29 is 9.59 Å². The average molecular weight is 431 g/mol. The molecule has 2 N–H and O–H groups in total. The molecule has 1 aliphatic carbocycles. The van der Waals surface area contributed by atoms with Crippen LogP contribution in [0.2, 0.25) is 0 Å². The number of carbonyl (C=O) groups excluding carboxylic acids is 2. The van der Waals surface area contributed by atoms with Crippen LogP contribution >= 0.6 is 11.8 Å². The second kappa shape index (κ2) is 10.0. The zero-order chi connectivity index (χ0) is 21.7. The van der Waals surface area contributed by atoms with Crippen molar-refractivity contribution in [3.8, 4) is 5.69 Å². The highest BCUT2D eigenvalue weighted by Gasteiger charge is 2.20. The van der Waals surface area contributed by atoms with E-state index >= 15 is 0 Å². The first-order valence-electron chi connectivity index (χ1n) is 10.4. The van der Waals surface area contributed by atoms with Gasteiger partial charge >= 0.3 is 0 Å². The Morgan fingerprint density at radius 3 is 2.37 bits per heavy atom. The number of aromatic nitrogens is 2. The summed E-state index contributed by atoms with van der Waals surface area (Å²) in [5.74, 6) is 0.777. The van der Waals surface area contributed by atoms with Gasteiger partial charge in [-0.15, -0.1) is 11.8 Å². The average Bonchev–Trinajstić information content (AvgIpc) is 2.93. The number of nitrogens with one attached hydrogen (secondary N) is 2. The Balaban J connectivity index is 1.52. The Kier molecular flexibility index (Phi) is 7.42. The number of hydrogen-bond acceptors (Lipinski definition) is 4. The van der Waals surface area contributed by atoms with Gasteiger partial charge in [-0.25, -0.2) is 4.68 Å². The molecule has 7 nitrogen and oxygen atoms in total. The summed E-state index contributed by atoms with van der Waals surface area (Å²) in [4.78, 5) is 37.3.